The predicted octanol–water partition coefficient (Wildman–Crippen LogP) is 3.61. The van der Waals surface area contributed by atoms with Gasteiger partial charge in [0.2, 0.25) is 5.91 Å². The normalized spacial score (nSPS) is 10.5. The molecular weight excluding hydrogens is 262 g/mol. The van der Waals surface area contributed by atoms with E-state index in [1.807, 2.05) is 13.8 Å². The van der Waals surface area contributed by atoms with Crippen LogP contribution in [-0.4, -0.2) is 17.7 Å². The van der Waals surface area contributed by atoms with Crippen LogP contribution in [-0.2, 0) is 4.79 Å². The van der Waals surface area contributed by atoms with E-state index in [0.29, 0.717) is 10.6 Å². The van der Waals surface area contributed by atoms with Gasteiger partial charge in [-0.15, -0.1) is 0 Å². The van der Waals surface area contributed by atoms with Gasteiger partial charge in [0, 0.05) is 29.5 Å². The van der Waals surface area contributed by atoms with Crippen LogP contribution in [0.5, 0.6) is 0 Å². The highest BCUT2D eigenvalue weighted by Crippen LogP contribution is 2.12. The molecule has 1 N–H and O–H groups in total. The number of halogens is 1. The number of benzene rings is 1. The molecule has 0 radical (unpaired) electrons. The van der Waals surface area contributed by atoms with Crippen molar-refractivity contribution < 1.29 is 9.59 Å². The second-order valence-electron chi connectivity index (χ2n) is 4.51. The van der Waals surface area contributed by atoms with Gasteiger partial charge in [-0.05, 0) is 37.1 Å². The summed E-state index contributed by atoms with van der Waals surface area (Å²) in [6.07, 6.45) is 2.28. The minimum atomic E-state index is -0.0592. The third-order valence-electron chi connectivity index (χ3n) is 3.10. The summed E-state index contributed by atoms with van der Waals surface area (Å²) in [4.78, 5) is 23.5. The highest BCUT2D eigenvalue weighted by molar-refractivity contribution is 6.30. The summed E-state index contributed by atoms with van der Waals surface area (Å²) in [5.74, 6) is -0.0904. The molecule has 0 unspecified atom stereocenters. The van der Waals surface area contributed by atoms with Crippen molar-refractivity contribution in [3.8, 4) is 0 Å². The lowest BCUT2D eigenvalue weighted by molar-refractivity contribution is -0.121. The Bertz CT molecular complexity index is 424. The molecule has 4 heteroatoms. The Balaban J connectivity index is 2.41. The molecule has 0 aliphatic heterocycles. The maximum atomic E-state index is 11.9. The molecule has 1 aromatic rings. The Morgan fingerprint density at radius 1 is 1.11 bits per heavy atom. The van der Waals surface area contributed by atoms with Crippen LogP contribution in [0, 0.1) is 0 Å². The molecular formula is C15H20ClNO2. The van der Waals surface area contributed by atoms with Gasteiger partial charge in [0.25, 0.3) is 0 Å². The molecule has 3 nitrogen and oxygen atoms in total. The first-order valence-electron chi connectivity index (χ1n) is 6.65. The van der Waals surface area contributed by atoms with Gasteiger partial charge in [0.15, 0.2) is 5.78 Å². The lowest BCUT2D eigenvalue weighted by Gasteiger charge is -2.14. The van der Waals surface area contributed by atoms with Gasteiger partial charge in [-0.1, -0.05) is 25.4 Å². The standard InChI is InChI=1S/C15H20ClNO2/c1-3-13(4-2)17-15(19)10-9-14(18)11-5-7-12(16)8-6-11/h5-8,13H,3-4,9-10H2,1-2H3,(H,17,19). The molecule has 0 aliphatic rings. The Hall–Kier alpha value is -1.35. The molecule has 0 atom stereocenters. The lowest BCUT2D eigenvalue weighted by atomic mass is 10.1. The molecule has 19 heavy (non-hydrogen) atoms. The fourth-order valence-corrected chi connectivity index (χ4v) is 1.93. The minimum Gasteiger partial charge on any atom is -0.353 e. The molecule has 0 fully saturated rings. The number of nitrogens with one attached hydrogen (secondary N) is 1. The smallest absolute Gasteiger partial charge is 0.220 e. The lowest BCUT2D eigenvalue weighted by Crippen LogP contribution is -2.33. The number of carbonyl (C=O) groups excluding carboxylic acids is 2. The van der Waals surface area contributed by atoms with E-state index in [1.54, 1.807) is 24.3 Å². The van der Waals surface area contributed by atoms with E-state index in [9.17, 15) is 9.59 Å². The van der Waals surface area contributed by atoms with E-state index >= 15 is 0 Å². The van der Waals surface area contributed by atoms with E-state index < -0.39 is 0 Å². The van der Waals surface area contributed by atoms with Crippen molar-refractivity contribution in [3.05, 3.63) is 34.9 Å². The fourth-order valence-electron chi connectivity index (χ4n) is 1.80. The van der Waals surface area contributed by atoms with Crippen molar-refractivity contribution >= 4 is 23.3 Å². The van der Waals surface area contributed by atoms with Gasteiger partial charge in [0.05, 0.1) is 0 Å². The van der Waals surface area contributed by atoms with Gasteiger partial charge in [0.1, 0.15) is 0 Å². The number of ketones is 1. The molecule has 104 valence electrons. The minimum absolute atomic E-state index is 0.0311. The third-order valence-corrected chi connectivity index (χ3v) is 3.35. The fraction of sp³-hybridized carbons (Fsp3) is 0.467. The van der Waals surface area contributed by atoms with E-state index in [-0.39, 0.29) is 30.6 Å². The van der Waals surface area contributed by atoms with Gasteiger partial charge >= 0.3 is 0 Å². The summed E-state index contributed by atoms with van der Waals surface area (Å²) in [7, 11) is 0. The third kappa shape index (κ3) is 5.43. The Labute approximate surface area is 119 Å². The van der Waals surface area contributed by atoms with Gasteiger partial charge in [-0.25, -0.2) is 0 Å². The van der Waals surface area contributed by atoms with Crippen molar-refractivity contribution in [1.82, 2.24) is 5.32 Å². The number of hydrogen-bond acceptors (Lipinski definition) is 2. The molecule has 0 saturated carbocycles. The molecule has 0 aromatic heterocycles. The Kier molecular flexibility index (Phi) is 6.57. The number of carbonyl (C=O) groups is 2. The summed E-state index contributed by atoms with van der Waals surface area (Å²) in [6.45, 7) is 4.07. The maximum absolute atomic E-state index is 11.9. The van der Waals surface area contributed by atoms with Gasteiger partial charge in [-0.2, -0.15) is 0 Å². The molecule has 1 rings (SSSR count). The molecule has 0 spiro atoms. The first-order valence-corrected chi connectivity index (χ1v) is 7.02. The van der Waals surface area contributed by atoms with E-state index in [4.69, 9.17) is 11.6 Å². The topological polar surface area (TPSA) is 46.2 Å². The average Bonchev–Trinajstić information content (AvgIpc) is 2.43. The van der Waals surface area contributed by atoms with Crippen LogP contribution >= 0.6 is 11.6 Å². The average molecular weight is 282 g/mol. The Morgan fingerprint density at radius 3 is 2.21 bits per heavy atom. The first-order chi connectivity index (χ1) is 9.06. The second kappa shape index (κ2) is 7.95. The van der Waals surface area contributed by atoms with Crippen molar-refractivity contribution in [2.75, 3.05) is 0 Å². The molecule has 1 amide bonds. The van der Waals surface area contributed by atoms with Crippen LogP contribution in [0.4, 0.5) is 0 Å². The monoisotopic (exact) mass is 281 g/mol. The van der Waals surface area contributed by atoms with Gasteiger partial charge < -0.3 is 5.32 Å². The summed E-state index contributed by atoms with van der Waals surface area (Å²) >= 11 is 5.76. The Morgan fingerprint density at radius 2 is 1.68 bits per heavy atom. The predicted molar refractivity (Wildman–Crippen MR) is 77.5 cm³/mol. The van der Waals surface area contributed by atoms with Gasteiger partial charge in [-0.3, -0.25) is 9.59 Å². The molecule has 0 heterocycles. The zero-order valence-corrected chi connectivity index (χ0v) is 12.2. The summed E-state index contributed by atoms with van der Waals surface area (Å²) < 4.78 is 0. The largest absolute Gasteiger partial charge is 0.353 e. The quantitative estimate of drug-likeness (QED) is 0.776. The van der Waals surface area contributed by atoms with Crippen LogP contribution in [0.1, 0.15) is 49.9 Å². The molecule has 0 bridgehead atoms. The molecule has 0 saturated heterocycles. The maximum Gasteiger partial charge on any atom is 0.220 e. The highest BCUT2D eigenvalue weighted by atomic mass is 35.5. The second-order valence-corrected chi connectivity index (χ2v) is 4.95. The van der Waals surface area contributed by atoms with E-state index in [1.165, 1.54) is 0 Å². The number of hydrogen-bond donors (Lipinski definition) is 1. The molecule has 1 aromatic carbocycles. The SMILES string of the molecule is CCC(CC)NC(=O)CCC(=O)c1ccc(Cl)cc1. The van der Waals surface area contributed by atoms with Crippen molar-refractivity contribution in [2.24, 2.45) is 0 Å². The van der Waals surface area contributed by atoms with Crippen LogP contribution in [0.3, 0.4) is 0 Å². The van der Waals surface area contributed by atoms with Crippen molar-refractivity contribution in [3.63, 3.8) is 0 Å². The van der Waals surface area contributed by atoms with Crippen LogP contribution in [0.25, 0.3) is 0 Å². The molecule has 0 aliphatic carbocycles. The first kappa shape index (κ1) is 15.7. The van der Waals surface area contributed by atoms with Crippen LogP contribution in [0.15, 0.2) is 24.3 Å². The van der Waals surface area contributed by atoms with Crippen molar-refractivity contribution in [2.45, 2.75) is 45.6 Å². The summed E-state index contributed by atoms with van der Waals surface area (Å²) in [5, 5.41) is 3.52. The van der Waals surface area contributed by atoms with Crippen LogP contribution < -0.4 is 5.32 Å². The zero-order valence-electron chi connectivity index (χ0n) is 11.4. The van der Waals surface area contributed by atoms with E-state index in [0.717, 1.165) is 12.8 Å². The van der Waals surface area contributed by atoms with E-state index in [2.05, 4.69) is 5.32 Å². The highest BCUT2D eigenvalue weighted by Gasteiger charge is 2.11. The number of amides is 1. The number of rotatable bonds is 7. The van der Waals surface area contributed by atoms with Crippen molar-refractivity contribution in [1.29, 1.82) is 0 Å². The van der Waals surface area contributed by atoms with Crippen LogP contribution in [0.2, 0.25) is 5.02 Å². The number of Topliss-reactive ketones (excluding diaryl/α,β-unsaturated/α-hetero) is 1. The zero-order chi connectivity index (χ0) is 14.3. The summed E-state index contributed by atoms with van der Waals surface area (Å²) in [5.41, 5.74) is 0.597. The summed E-state index contributed by atoms with van der Waals surface area (Å²) in [6, 6.07) is 6.93.